The van der Waals surface area contributed by atoms with Crippen molar-refractivity contribution in [2.24, 2.45) is 0 Å². The van der Waals surface area contributed by atoms with Crippen molar-refractivity contribution in [3.63, 3.8) is 0 Å². The van der Waals surface area contributed by atoms with E-state index in [1.54, 1.807) is 12.1 Å². The predicted molar refractivity (Wildman–Crippen MR) is 51.1 cm³/mol. The molecule has 74 valence electrons. The molecular formula is C7H5FN2O2S2. The summed E-state index contributed by atoms with van der Waals surface area (Å²) in [4.78, 5) is 0. The molecule has 0 unspecified atom stereocenters. The number of halogens is 1. The number of hydrogen-bond acceptors (Lipinski definition) is 5. The van der Waals surface area contributed by atoms with Crippen LogP contribution < -0.4 is 0 Å². The zero-order valence-electron chi connectivity index (χ0n) is 6.84. The van der Waals surface area contributed by atoms with Crippen LogP contribution in [0.5, 0.6) is 0 Å². The van der Waals surface area contributed by atoms with E-state index in [1.165, 1.54) is 6.07 Å². The van der Waals surface area contributed by atoms with Crippen LogP contribution in [-0.4, -0.2) is 17.2 Å². The lowest BCUT2D eigenvalue weighted by Crippen LogP contribution is -1.96. The fraction of sp³-hybridized carbons (Fsp3) is 0.143. The first-order valence-electron chi connectivity index (χ1n) is 3.69. The lowest BCUT2D eigenvalue weighted by Gasteiger charge is -1.96. The van der Waals surface area contributed by atoms with Gasteiger partial charge in [0, 0.05) is 0 Å². The molecular weight excluding hydrogens is 227 g/mol. The van der Waals surface area contributed by atoms with E-state index in [9.17, 15) is 12.3 Å². The van der Waals surface area contributed by atoms with Crippen molar-refractivity contribution in [2.75, 3.05) is 0 Å². The van der Waals surface area contributed by atoms with Gasteiger partial charge in [0.15, 0.2) is 0 Å². The van der Waals surface area contributed by atoms with Crippen LogP contribution in [0.3, 0.4) is 0 Å². The maximum Gasteiger partial charge on any atom is 0.306 e. The highest BCUT2D eigenvalue weighted by Gasteiger charge is 2.13. The van der Waals surface area contributed by atoms with E-state index in [1.807, 2.05) is 0 Å². The van der Waals surface area contributed by atoms with Gasteiger partial charge in [-0.05, 0) is 11.6 Å². The molecule has 1 heterocycles. The summed E-state index contributed by atoms with van der Waals surface area (Å²) in [5.74, 6) is -0.643. The number of aromatic nitrogens is 2. The summed E-state index contributed by atoms with van der Waals surface area (Å²) in [7, 11) is -4.51. The van der Waals surface area contributed by atoms with Gasteiger partial charge in [-0.3, -0.25) is 0 Å². The molecule has 0 bridgehead atoms. The standard InChI is InChI=1S/C7H5FN2O2S2/c8-14(11,12)4-5-2-1-3-6-7(5)10-13-9-6/h1-3H,4H2. The van der Waals surface area contributed by atoms with Crippen LogP contribution >= 0.6 is 11.7 Å². The largest absolute Gasteiger partial charge is 0.306 e. The molecule has 0 aliphatic heterocycles. The summed E-state index contributed by atoms with van der Waals surface area (Å²) in [6.07, 6.45) is 0. The summed E-state index contributed by atoms with van der Waals surface area (Å²) in [5.41, 5.74) is 1.40. The molecule has 0 fully saturated rings. The minimum Gasteiger partial charge on any atom is -0.194 e. The zero-order chi connectivity index (χ0) is 10.2. The SMILES string of the molecule is O=S(=O)(F)Cc1cccc2nsnc12. The molecule has 14 heavy (non-hydrogen) atoms. The van der Waals surface area contributed by atoms with Crippen LogP contribution in [0.1, 0.15) is 5.56 Å². The number of benzene rings is 1. The van der Waals surface area contributed by atoms with Crippen molar-refractivity contribution < 1.29 is 12.3 Å². The minimum absolute atomic E-state index is 0.346. The highest BCUT2D eigenvalue weighted by Crippen LogP contribution is 2.18. The molecule has 0 atom stereocenters. The number of rotatable bonds is 2. The second-order valence-corrected chi connectivity index (χ2v) is 4.63. The van der Waals surface area contributed by atoms with Crippen LogP contribution in [0, 0.1) is 0 Å². The van der Waals surface area contributed by atoms with Gasteiger partial charge in [-0.2, -0.15) is 17.2 Å². The van der Waals surface area contributed by atoms with Gasteiger partial charge in [-0.25, -0.2) is 0 Å². The van der Waals surface area contributed by atoms with E-state index < -0.39 is 16.0 Å². The average Bonchev–Trinajstić information content (AvgIpc) is 2.49. The van der Waals surface area contributed by atoms with Crippen LogP contribution in [0.4, 0.5) is 3.89 Å². The molecule has 0 N–H and O–H groups in total. The number of nitrogens with zero attached hydrogens (tertiary/aromatic N) is 2. The Hall–Kier alpha value is -1.08. The molecule has 1 aromatic heterocycles. The molecule has 0 spiro atoms. The highest BCUT2D eigenvalue weighted by molar-refractivity contribution is 7.85. The number of fused-ring (bicyclic) bond motifs is 1. The molecule has 0 radical (unpaired) electrons. The Morgan fingerprint density at radius 3 is 2.86 bits per heavy atom. The van der Waals surface area contributed by atoms with Gasteiger partial charge in [0.1, 0.15) is 16.8 Å². The maximum absolute atomic E-state index is 12.4. The first-order chi connectivity index (χ1) is 6.56. The third-order valence-corrected chi connectivity index (χ3v) is 2.90. The predicted octanol–water partition coefficient (Wildman–Crippen LogP) is 1.49. The van der Waals surface area contributed by atoms with Crippen LogP contribution in [0.15, 0.2) is 18.2 Å². The van der Waals surface area contributed by atoms with E-state index in [0.29, 0.717) is 16.6 Å². The van der Waals surface area contributed by atoms with Gasteiger partial charge in [0.25, 0.3) is 0 Å². The van der Waals surface area contributed by atoms with Crippen molar-refractivity contribution in [3.05, 3.63) is 23.8 Å². The first kappa shape index (κ1) is 9.47. The molecule has 0 saturated carbocycles. The van der Waals surface area contributed by atoms with Gasteiger partial charge in [0.05, 0.1) is 11.7 Å². The van der Waals surface area contributed by atoms with E-state index in [2.05, 4.69) is 8.75 Å². The zero-order valence-corrected chi connectivity index (χ0v) is 8.48. The lowest BCUT2D eigenvalue weighted by atomic mass is 10.2. The van der Waals surface area contributed by atoms with Gasteiger partial charge < -0.3 is 0 Å². The highest BCUT2D eigenvalue weighted by atomic mass is 32.3. The second kappa shape index (κ2) is 3.25. The van der Waals surface area contributed by atoms with Crippen molar-refractivity contribution in [1.29, 1.82) is 0 Å². The molecule has 4 nitrogen and oxygen atoms in total. The Labute approximate surface area is 83.9 Å². The molecule has 0 aliphatic rings. The lowest BCUT2D eigenvalue weighted by molar-refractivity contribution is 0.551. The second-order valence-electron chi connectivity index (χ2n) is 2.73. The summed E-state index contributed by atoms with van der Waals surface area (Å²) in [6.45, 7) is 0. The van der Waals surface area contributed by atoms with Crippen molar-refractivity contribution >= 4 is 33.0 Å². The quantitative estimate of drug-likeness (QED) is 0.736. The smallest absolute Gasteiger partial charge is 0.194 e. The normalized spacial score (nSPS) is 12.1. The van der Waals surface area contributed by atoms with Crippen molar-refractivity contribution in [1.82, 2.24) is 8.75 Å². The Morgan fingerprint density at radius 2 is 2.14 bits per heavy atom. The van der Waals surface area contributed by atoms with E-state index in [-0.39, 0.29) is 0 Å². The van der Waals surface area contributed by atoms with Crippen molar-refractivity contribution in [2.45, 2.75) is 5.75 Å². The maximum atomic E-state index is 12.4. The van der Waals surface area contributed by atoms with Crippen LogP contribution in [0.25, 0.3) is 11.0 Å². The molecule has 0 saturated heterocycles. The average molecular weight is 232 g/mol. The monoisotopic (exact) mass is 232 g/mol. The summed E-state index contributed by atoms with van der Waals surface area (Å²) in [6, 6.07) is 4.86. The van der Waals surface area contributed by atoms with Gasteiger partial charge >= 0.3 is 10.2 Å². The van der Waals surface area contributed by atoms with Gasteiger partial charge in [0.2, 0.25) is 0 Å². The topological polar surface area (TPSA) is 59.9 Å². The number of hydrogen-bond donors (Lipinski definition) is 0. The fourth-order valence-electron chi connectivity index (χ4n) is 1.16. The summed E-state index contributed by atoms with van der Waals surface area (Å²) < 4.78 is 41.2. The molecule has 2 aromatic rings. The van der Waals surface area contributed by atoms with Gasteiger partial charge in [-0.15, -0.1) is 3.89 Å². The Morgan fingerprint density at radius 1 is 1.36 bits per heavy atom. The minimum atomic E-state index is -4.51. The molecule has 0 aliphatic carbocycles. The van der Waals surface area contributed by atoms with Crippen LogP contribution in [-0.2, 0) is 16.0 Å². The van der Waals surface area contributed by atoms with E-state index in [0.717, 1.165) is 11.7 Å². The Kier molecular flexibility index (Phi) is 2.20. The molecule has 1 aromatic carbocycles. The first-order valence-corrected chi connectivity index (χ1v) is 5.97. The Bertz CT molecular complexity index is 564. The Balaban J connectivity index is 2.57. The molecule has 0 amide bonds. The molecule has 2 rings (SSSR count). The van der Waals surface area contributed by atoms with Crippen molar-refractivity contribution in [3.8, 4) is 0 Å². The fourth-order valence-corrected chi connectivity index (χ4v) is 2.34. The molecule has 7 heteroatoms. The van der Waals surface area contributed by atoms with Gasteiger partial charge in [-0.1, -0.05) is 12.1 Å². The summed E-state index contributed by atoms with van der Waals surface area (Å²) in [5, 5.41) is 0. The van der Waals surface area contributed by atoms with E-state index in [4.69, 9.17) is 0 Å². The third kappa shape index (κ3) is 1.88. The summed E-state index contributed by atoms with van der Waals surface area (Å²) >= 11 is 0.976. The third-order valence-electron chi connectivity index (χ3n) is 1.70. The van der Waals surface area contributed by atoms with E-state index >= 15 is 0 Å². The van der Waals surface area contributed by atoms with Crippen LogP contribution in [0.2, 0.25) is 0 Å².